The van der Waals surface area contributed by atoms with Crippen LogP contribution in [0.4, 0.5) is 0 Å². The van der Waals surface area contributed by atoms with Crippen LogP contribution in [0.3, 0.4) is 0 Å². The number of primary amides is 1. The highest BCUT2D eigenvalue weighted by molar-refractivity contribution is 6.32. The minimum absolute atomic E-state index is 0.130. The number of benzene rings is 1. The third-order valence-electron chi connectivity index (χ3n) is 4.85. The number of likely N-dealkylation sites (tertiary alicyclic amines) is 1. The van der Waals surface area contributed by atoms with Crippen LogP contribution in [0.25, 0.3) is 0 Å². The summed E-state index contributed by atoms with van der Waals surface area (Å²) in [5.41, 5.74) is 5.29. The molecule has 0 bridgehead atoms. The van der Waals surface area contributed by atoms with E-state index < -0.39 is 11.3 Å². The molecule has 0 radical (unpaired) electrons. The molecular formula is C20H21Cl2N3O3. The van der Waals surface area contributed by atoms with E-state index in [9.17, 15) is 9.59 Å². The fraction of sp³-hybridized carbons (Fsp3) is 0.350. The van der Waals surface area contributed by atoms with Crippen molar-refractivity contribution in [2.45, 2.75) is 19.3 Å². The molecule has 1 aromatic heterocycles. The van der Waals surface area contributed by atoms with Gasteiger partial charge in [0.25, 0.3) is 5.91 Å². The van der Waals surface area contributed by atoms with Crippen LogP contribution in [0.2, 0.25) is 10.2 Å². The first-order chi connectivity index (χ1) is 13.4. The number of amides is 2. The molecule has 1 aliphatic heterocycles. The Bertz CT molecular complexity index is 860. The maximum Gasteiger partial charge on any atom is 0.257 e. The zero-order valence-electron chi connectivity index (χ0n) is 15.2. The molecule has 0 aliphatic carbocycles. The number of nitrogens with zero attached hydrogens (tertiary/aromatic N) is 2. The van der Waals surface area contributed by atoms with Crippen molar-refractivity contribution in [3.8, 4) is 5.75 Å². The highest BCUT2D eigenvalue weighted by Gasteiger charge is 2.40. The van der Waals surface area contributed by atoms with Crippen LogP contribution in [-0.2, 0) is 4.79 Å². The van der Waals surface area contributed by atoms with Crippen LogP contribution >= 0.6 is 23.2 Å². The molecule has 1 aliphatic rings. The van der Waals surface area contributed by atoms with Crippen molar-refractivity contribution in [3.63, 3.8) is 0 Å². The molecule has 1 fully saturated rings. The summed E-state index contributed by atoms with van der Waals surface area (Å²) in [5, 5.41) is 0.776. The maximum absolute atomic E-state index is 12.9. The molecule has 1 saturated heterocycles. The fourth-order valence-electron chi connectivity index (χ4n) is 3.55. The van der Waals surface area contributed by atoms with Crippen LogP contribution < -0.4 is 10.5 Å². The van der Waals surface area contributed by atoms with Gasteiger partial charge >= 0.3 is 0 Å². The SMILES string of the molecule is NC(=O)CC1(COc2ccc(Cl)cc2)CCCN(C(=O)c2cccnc2Cl)C1. The summed E-state index contributed by atoms with van der Waals surface area (Å²) < 4.78 is 5.92. The first-order valence-electron chi connectivity index (χ1n) is 8.95. The maximum atomic E-state index is 12.9. The topological polar surface area (TPSA) is 85.5 Å². The molecular weight excluding hydrogens is 401 g/mol. The Balaban J connectivity index is 1.77. The molecule has 2 heterocycles. The number of halogens is 2. The molecule has 0 spiro atoms. The summed E-state index contributed by atoms with van der Waals surface area (Å²) in [6, 6.07) is 10.3. The lowest BCUT2D eigenvalue weighted by Crippen LogP contribution is -2.50. The quantitative estimate of drug-likeness (QED) is 0.722. The van der Waals surface area contributed by atoms with Gasteiger partial charge in [-0.2, -0.15) is 0 Å². The summed E-state index contributed by atoms with van der Waals surface area (Å²) in [6.07, 6.45) is 3.13. The molecule has 0 saturated carbocycles. The van der Waals surface area contributed by atoms with Crippen LogP contribution in [0.15, 0.2) is 42.6 Å². The third kappa shape index (κ3) is 4.94. The van der Waals surface area contributed by atoms with Crippen molar-refractivity contribution < 1.29 is 14.3 Å². The second-order valence-corrected chi connectivity index (χ2v) is 7.85. The predicted octanol–water partition coefficient (Wildman–Crippen LogP) is 3.57. The Morgan fingerprint density at radius 3 is 2.64 bits per heavy atom. The highest BCUT2D eigenvalue weighted by atomic mass is 35.5. The molecule has 2 aromatic rings. The summed E-state index contributed by atoms with van der Waals surface area (Å²) in [6.45, 7) is 1.20. The van der Waals surface area contributed by atoms with Crippen molar-refractivity contribution >= 4 is 35.0 Å². The van der Waals surface area contributed by atoms with Gasteiger partial charge in [-0.25, -0.2) is 4.98 Å². The zero-order chi connectivity index (χ0) is 20.1. The molecule has 28 heavy (non-hydrogen) atoms. The number of aromatic nitrogens is 1. The van der Waals surface area contributed by atoms with Crippen LogP contribution in [0.1, 0.15) is 29.6 Å². The van der Waals surface area contributed by atoms with Gasteiger partial charge in [0.15, 0.2) is 0 Å². The van der Waals surface area contributed by atoms with Crippen molar-refractivity contribution in [3.05, 3.63) is 58.3 Å². The number of nitrogens with two attached hydrogens (primary N) is 1. The van der Waals surface area contributed by atoms with Crippen LogP contribution in [0, 0.1) is 5.41 Å². The average Bonchev–Trinajstić information content (AvgIpc) is 2.67. The first-order valence-corrected chi connectivity index (χ1v) is 9.71. The predicted molar refractivity (Wildman–Crippen MR) is 108 cm³/mol. The Hall–Kier alpha value is -2.31. The zero-order valence-corrected chi connectivity index (χ0v) is 16.7. The van der Waals surface area contributed by atoms with E-state index in [0.29, 0.717) is 29.4 Å². The molecule has 6 nitrogen and oxygen atoms in total. The Morgan fingerprint density at radius 2 is 1.96 bits per heavy atom. The van der Waals surface area contributed by atoms with E-state index in [2.05, 4.69) is 4.98 Å². The van der Waals surface area contributed by atoms with Gasteiger partial charge < -0.3 is 15.4 Å². The molecule has 3 rings (SSSR count). The smallest absolute Gasteiger partial charge is 0.257 e. The summed E-state index contributed by atoms with van der Waals surface area (Å²) in [5.74, 6) is 0.0125. The second kappa shape index (κ2) is 8.80. The largest absolute Gasteiger partial charge is 0.493 e. The molecule has 1 unspecified atom stereocenters. The van der Waals surface area contributed by atoms with Crippen molar-refractivity contribution in [2.24, 2.45) is 11.1 Å². The van der Waals surface area contributed by atoms with E-state index in [-0.39, 0.29) is 24.1 Å². The minimum atomic E-state index is -0.561. The number of carbonyl (C=O) groups is 2. The van der Waals surface area contributed by atoms with E-state index in [1.807, 2.05) is 0 Å². The molecule has 2 N–H and O–H groups in total. The number of hydrogen-bond donors (Lipinski definition) is 1. The van der Waals surface area contributed by atoms with E-state index >= 15 is 0 Å². The second-order valence-electron chi connectivity index (χ2n) is 7.06. The van der Waals surface area contributed by atoms with Gasteiger partial charge in [0.1, 0.15) is 10.9 Å². The monoisotopic (exact) mass is 421 g/mol. The lowest BCUT2D eigenvalue weighted by atomic mass is 9.77. The number of hydrogen-bond acceptors (Lipinski definition) is 4. The number of rotatable bonds is 6. The summed E-state index contributed by atoms with van der Waals surface area (Å²) in [4.78, 5) is 30.3. The van der Waals surface area contributed by atoms with E-state index in [1.165, 1.54) is 6.20 Å². The van der Waals surface area contributed by atoms with Gasteiger partial charge in [-0.3, -0.25) is 9.59 Å². The molecule has 148 valence electrons. The van der Waals surface area contributed by atoms with Gasteiger partial charge in [-0.05, 0) is 49.2 Å². The number of ether oxygens (including phenoxy) is 1. The minimum Gasteiger partial charge on any atom is -0.493 e. The third-order valence-corrected chi connectivity index (χ3v) is 5.40. The van der Waals surface area contributed by atoms with Gasteiger partial charge in [-0.1, -0.05) is 23.2 Å². The van der Waals surface area contributed by atoms with Gasteiger partial charge in [-0.15, -0.1) is 0 Å². The molecule has 1 aromatic carbocycles. The average molecular weight is 422 g/mol. The van der Waals surface area contributed by atoms with Gasteiger partial charge in [0, 0.05) is 36.1 Å². The lowest BCUT2D eigenvalue weighted by molar-refractivity contribution is -0.122. The lowest BCUT2D eigenvalue weighted by Gasteiger charge is -2.42. The van der Waals surface area contributed by atoms with Gasteiger partial charge in [0.05, 0.1) is 12.2 Å². The first kappa shape index (κ1) is 20.4. The number of carbonyl (C=O) groups excluding carboxylic acids is 2. The Morgan fingerprint density at radius 1 is 1.21 bits per heavy atom. The van der Waals surface area contributed by atoms with E-state index in [0.717, 1.165) is 12.8 Å². The van der Waals surface area contributed by atoms with Crippen molar-refractivity contribution in [1.82, 2.24) is 9.88 Å². The number of pyridine rings is 1. The molecule has 8 heteroatoms. The van der Waals surface area contributed by atoms with Gasteiger partial charge in [0.2, 0.25) is 5.91 Å². The van der Waals surface area contributed by atoms with Crippen molar-refractivity contribution in [2.75, 3.05) is 19.7 Å². The Kier molecular flexibility index (Phi) is 6.42. The van der Waals surface area contributed by atoms with Crippen molar-refractivity contribution in [1.29, 1.82) is 0 Å². The molecule has 2 amide bonds. The normalized spacial score (nSPS) is 19.3. The van der Waals surface area contributed by atoms with Crippen LogP contribution in [0.5, 0.6) is 5.75 Å². The Labute approximate surface area is 173 Å². The fourth-order valence-corrected chi connectivity index (χ4v) is 3.87. The van der Waals surface area contributed by atoms with E-state index in [4.69, 9.17) is 33.7 Å². The standard InChI is InChI=1S/C20H21Cl2N3O3/c21-14-4-6-15(7-5-14)28-13-20(11-17(23)26)8-2-10-25(12-20)19(27)16-3-1-9-24-18(16)22/h1,3-7,9H,2,8,10-13H2,(H2,23,26). The van der Waals surface area contributed by atoms with Crippen LogP contribution in [-0.4, -0.2) is 41.4 Å². The highest BCUT2D eigenvalue weighted by Crippen LogP contribution is 2.35. The molecule has 1 atom stereocenters. The number of piperidine rings is 1. The summed E-state index contributed by atoms with van der Waals surface area (Å²) in [7, 11) is 0. The van der Waals surface area contributed by atoms with E-state index in [1.54, 1.807) is 41.3 Å². The summed E-state index contributed by atoms with van der Waals surface area (Å²) >= 11 is 12.0.